The van der Waals surface area contributed by atoms with E-state index in [2.05, 4.69) is 5.32 Å². The quantitative estimate of drug-likeness (QED) is 0.758. The summed E-state index contributed by atoms with van der Waals surface area (Å²) in [5.74, 6) is 0.0170. The molecule has 1 aromatic rings. The van der Waals surface area contributed by atoms with Crippen molar-refractivity contribution in [2.45, 2.75) is 38.6 Å². The second kappa shape index (κ2) is 7.14. The van der Waals surface area contributed by atoms with Crippen LogP contribution in [0, 0.1) is 0 Å². The molecular formula is C15H23NO3. The summed E-state index contributed by atoms with van der Waals surface area (Å²) in [6.45, 7) is 4.48. The van der Waals surface area contributed by atoms with Crippen LogP contribution in [0.25, 0.3) is 0 Å². The van der Waals surface area contributed by atoms with Gasteiger partial charge < -0.3 is 15.2 Å². The van der Waals surface area contributed by atoms with Gasteiger partial charge in [-0.25, -0.2) is 0 Å². The van der Waals surface area contributed by atoms with Gasteiger partial charge in [0.15, 0.2) is 0 Å². The molecule has 106 valence electrons. The van der Waals surface area contributed by atoms with Crippen LogP contribution < -0.4 is 10.1 Å². The largest absolute Gasteiger partial charge is 0.497 e. The average Bonchev–Trinajstić information content (AvgIpc) is 2.43. The number of hydrogen-bond acceptors (Lipinski definition) is 3. The maximum atomic E-state index is 11.4. The predicted molar refractivity (Wildman–Crippen MR) is 75.6 cm³/mol. The van der Waals surface area contributed by atoms with Gasteiger partial charge in [0.05, 0.1) is 7.11 Å². The minimum absolute atomic E-state index is 0.564. The average molecular weight is 265 g/mol. The molecule has 1 aromatic carbocycles. The summed E-state index contributed by atoms with van der Waals surface area (Å²) in [7, 11) is 1.63. The standard InChI is InChI=1S/C15H23NO3/c1-4-11-16-15(2,14(17)18)10-9-12-5-7-13(19-3)8-6-12/h5-8,16H,4,9-11H2,1-3H3,(H,17,18). The summed E-state index contributed by atoms with van der Waals surface area (Å²) in [5.41, 5.74) is 0.252. The second-order valence-electron chi connectivity index (χ2n) is 4.91. The molecule has 0 aromatic heterocycles. The highest BCUT2D eigenvalue weighted by Crippen LogP contribution is 2.17. The molecule has 1 rings (SSSR count). The van der Waals surface area contributed by atoms with Crippen molar-refractivity contribution in [2.75, 3.05) is 13.7 Å². The molecule has 19 heavy (non-hydrogen) atoms. The predicted octanol–water partition coefficient (Wildman–Crippen LogP) is 2.47. The Bertz CT molecular complexity index is 402. The molecule has 4 heteroatoms. The molecule has 0 saturated carbocycles. The number of carboxylic acids is 1. The van der Waals surface area contributed by atoms with E-state index >= 15 is 0 Å². The molecule has 0 heterocycles. The van der Waals surface area contributed by atoms with E-state index in [1.165, 1.54) is 0 Å². The lowest BCUT2D eigenvalue weighted by atomic mass is 9.93. The molecule has 0 saturated heterocycles. The van der Waals surface area contributed by atoms with Crippen molar-refractivity contribution in [2.24, 2.45) is 0 Å². The first-order chi connectivity index (χ1) is 9.01. The molecule has 0 spiro atoms. The maximum absolute atomic E-state index is 11.4. The molecule has 0 amide bonds. The van der Waals surface area contributed by atoms with Gasteiger partial charge in [-0.1, -0.05) is 19.1 Å². The zero-order valence-electron chi connectivity index (χ0n) is 11.9. The van der Waals surface area contributed by atoms with Crippen LogP contribution in [0.4, 0.5) is 0 Å². The Balaban J connectivity index is 2.62. The van der Waals surface area contributed by atoms with Gasteiger partial charge in [-0.15, -0.1) is 0 Å². The van der Waals surface area contributed by atoms with Gasteiger partial charge in [0.2, 0.25) is 0 Å². The minimum atomic E-state index is -0.865. The lowest BCUT2D eigenvalue weighted by Crippen LogP contribution is -2.50. The van der Waals surface area contributed by atoms with Crippen LogP contribution in [0.3, 0.4) is 0 Å². The summed E-state index contributed by atoms with van der Waals surface area (Å²) in [4.78, 5) is 11.4. The number of rotatable bonds is 8. The van der Waals surface area contributed by atoms with Crippen molar-refractivity contribution in [1.29, 1.82) is 0 Å². The Kier molecular flexibility index (Phi) is 5.83. The summed E-state index contributed by atoms with van der Waals surface area (Å²) < 4.78 is 5.10. The SMILES string of the molecule is CCCNC(C)(CCc1ccc(OC)cc1)C(=O)O. The summed E-state index contributed by atoms with van der Waals surface area (Å²) in [6, 6.07) is 7.74. The van der Waals surface area contributed by atoms with Crippen molar-refractivity contribution in [3.8, 4) is 5.75 Å². The highest BCUT2D eigenvalue weighted by atomic mass is 16.5. The van der Waals surface area contributed by atoms with Gasteiger partial charge in [0.25, 0.3) is 0 Å². The molecule has 2 N–H and O–H groups in total. The lowest BCUT2D eigenvalue weighted by molar-refractivity contribution is -0.144. The second-order valence-corrected chi connectivity index (χ2v) is 4.91. The molecular weight excluding hydrogens is 242 g/mol. The van der Waals surface area contributed by atoms with E-state index in [1.807, 2.05) is 31.2 Å². The molecule has 0 fully saturated rings. The van der Waals surface area contributed by atoms with Gasteiger partial charge in [-0.05, 0) is 50.4 Å². The molecule has 0 radical (unpaired) electrons. The van der Waals surface area contributed by atoms with Crippen LogP contribution in [-0.4, -0.2) is 30.3 Å². The third kappa shape index (κ3) is 4.56. The van der Waals surface area contributed by atoms with E-state index < -0.39 is 11.5 Å². The van der Waals surface area contributed by atoms with E-state index in [9.17, 15) is 9.90 Å². The van der Waals surface area contributed by atoms with Crippen LogP contribution in [-0.2, 0) is 11.2 Å². The molecule has 4 nitrogen and oxygen atoms in total. The molecule has 0 aliphatic rings. The summed E-state index contributed by atoms with van der Waals surface area (Å²) >= 11 is 0. The van der Waals surface area contributed by atoms with Crippen LogP contribution in [0.2, 0.25) is 0 Å². The summed E-state index contributed by atoms with van der Waals surface area (Å²) in [5, 5.41) is 12.5. The number of aryl methyl sites for hydroxylation is 1. The zero-order valence-corrected chi connectivity index (χ0v) is 11.9. The third-order valence-corrected chi connectivity index (χ3v) is 3.31. The minimum Gasteiger partial charge on any atom is -0.497 e. The molecule has 0 aliphatic heterocycles. The van der Waals surface area contributed by atoms with Crippen molar-refractivity contribution in [3.05, 3.63) is 29.8 Å². The normalized spacial score (nSPS) is 13.8. The van der Waals surface area contributed by atoms with Crippen molar-refractivity contribution in [1.82, 2.24) is 5.32 Å². The number of methoxy groups -OCH3 is 1. The number of carbonyl (C=O) groups is 1. The molecule has 0 aliphatic carbocycles. The van der Waals surface area contributed by atoms with Crippen LogP contribution in [0.5, 0.6) is 5.75 Å². The first-order valence-electron chi connectivity index (χ1n) is 6.63. The Morgan fingerprint density at radius 1 is 1.37 bits per heavy atom. The van der Waals surface area contributed by atoms with E-state index in [0.717, 1.165) is 24.2 Å². The fourth-order valence-electron chi connectivity index (χ4n) is 1.86. The van der Waals surface area contributed by atoms with Gasteiger partial charge in [0.1, 0.15) is 11.3 Å². The molecule has 0 bridgehead atoms. The first-order valence-corrected chi connectivity index (χ1v) is 6.63. The number of carboxylic acid groups (broad SMARTS) is 1. The van der Waals surface area contributed by atoms with Crippen molar-refractivity contribution in [3.63, 3.8) is 0 Å². The van der Waals surface area contributed by atoms with E-state index in [1.54, 1.807) is 14.0 Å². The number of nitrogens with one attached hydrogen (secondary N) is 1. The fourth-order valence-corrected chi connectivity index (χ4v) is 1.86. The molecule has 1 unspecified atom stereocenters. The highest BCUT2D eigenvalue weighted by Gasteiger charge is 2.31. The summed E-state index contributed by atoms with van der Waals surface area (Å²) in [6.07, 6.45) is 2.21. The van der Waals surface area contributed by atoms with Crippen LogP contribution in [0.1, 0.15) is 32.3 Å². The Labute approximate surface area is 114 Å². The van der Waals surface area contributed by atoms with Crippen molar-refractivity contribution >= 4 is 5.97 Å². The third-order valence-electron chi connectivity index (χ3n) is 3.31. The van der Waals surface area contributed by atoms with Gasteiger partial charge in [-0.2, -0.15) is 0 Å². The highest BCUT2D eigenvalue weighted by molar-refractivity contribution is 5.78. The fraction of sp³-hybridized carbons (Fsp3) is 0.533. The Morgan fingerprint density at radius 2 is 2.00 bits per heavy atom. The van der Waals surface area contributed by atoms with Gasteiger partial charge in [0, 0.05) is 0 Å². The number of aliphatic carboxylic acids is 1. The lowest BCUT2D eigenvalue weighted by Gasteiger charge is -2.26. The topological polar surface area (TPSA) is 58.6 Å². The Morgan fingerprint density at radius 3 is 2.47 bits per heavy atom. The van der Waals surface area contributed by atoms with Gasteiger partial charge >= 0.3 is 5.97 Å². The maximum Gasteiger partial charge on any atom is 0.323 e. The zero-order chi connectivity index (χ0) is 14.3. The van der Waals surface area contributed by atoms with Crippen LogP contribution in [0.15, 0.2) is 24.3 Å². The number of ether oxygens (including phenoxy) is 1. The van der Waals surface area contributed by atoms with E-state index in [-0.39, 0.29) is 0 Å². The molecule has 1 atom stereocenters. The number of hydrogen-bond donors (Lipinski definition) is 2. The smallest absolute Gasteiger partial charge is 0.323 e. The van der Waals surface area contributed by atoms with Crippen LogP contribution >= 0.6 is 0 Å². The number of benzene rings is 1. The Hall–Kier alpha value is -1.55. The van der Waals surface area contributed by atoms with Crippen molar-refractivity contribution < 1.29 is 14.6 Å². The van der Waals surface area contributed by atoms with E-state index in [0.29, 0.717) is 13.0 Å². The van der Waals surface area contributed by atoms with E-state index in [4.69, 9.17) is 4.74 Å². The first kappa shape index (κ1) is 15.5. The van der Waals surface area contributed by atoms with Gasteiger partial charge in [-0.3, -0.25) is 4.79 Å². The monoisotopic (exact) mass is 265 g/mol.